The van der Waals surface area contributed by atoms with Crippen molar-refractivity contribution in [3.63, 3.8) is 0 Å². The monoisotopic (exact) mass is 223 g/mol. The standard InChI is InChI=1S/C7H14NO5P/c9-7(10)6-5(2-1-3-8-6)4-14(11,12)13/h5-6,8H,1-4H2,(H,9,10)(H2,11,12,13)/t5-,6-/m0/s1. The number of hydrogen-bond donors (Lipinski definition) is 4. The fourth-order valence-corrected chi connectivity index (χ4v) is 2.75. The molecule has 0 unspecified atom stereocenters. The Labute approximate surface area is 81.5 Å². The average Bonchev–Trinajstić information content (AvgIpc) is 2.01. The molecule has 0 amide bonds. The molecule has 0 aromatic heterocycles. The third-order valence-electron chi connectivity index (χ3n) is 2.33. The molecule has 1 aliphatic rings. The Morgan fingerprint density at radius 3 is 2.64 bits per heavy atom. The molecule has 0 aromatic rings. The first-order valence-corrected chi connectivity index (χ1v) is 6.20. The smallest absolute Gasteiger partial charge is 0.325 e. The molecule has 1 aliphatic heterocycles. The Balaban J connectivity index is 2.63. The number of nitrogens with one attached hydrogen (secondary N) is 1. The molecule has 82 valence electrons. The topological polar surface area (TPSA) is 107 Å². The summed E-state index contributed by atoms with van der Waals surface area (Å²) in [5.41, 5.74) is 0. The van der Waals surface area contributed by atoms with Crippen LogP contribution in [0.2, 0.25) is 0 Å². The molecule has 1 rings (SSSR count). The van der Waals surface area contributed by atoms with E-state index in [1.54, 1.807) is 0 Å². The normalized spacial score (nSPS) is 28.7. The summed E-state index contributed by atoms with van der Waals surface area (Å²) in [6.07, 6.45) is 0.959. The van der Waals surface area contributed by atoms with Gasteiger partial charge in [0, 0.05) is 0 Å². The number of hydrogen-bond acceptors (Lipinski definition) is 3. The average molecular weight is 223 g/mol. The molecule has 4 N–H and O–H groups in total. The fraction of sp³-hybridized carbons (Fsp3) is 0.857. The van der Waals surface area contributed by atoms with E-state index in [2.05, 4.69) is 5.32 Å². The Kier molecular flexibility index (Phi) is 3.66. The third kappa shape index (κ3) is 3.38. The highest BCUT2D eigenvalue weighted by Crippen LogP contribution is 2.39. The zero-order chi connectivity index (χ0) is 10.8. The van der Waals surface area contributed by atoms with Crippen LogP contribution in [-0.2, 0) is 9.36 Å². The summed E-state index contributed by atoms with van der Waals surface area (Å²) in [6, 6.07) is -0.823. The van der Waals surface area contributed by atoms with Gasteiger partial charge in [0.1, 0.15) is 6.04 Å². The van der Waals surface area contributed by atoms with E-state index in [0.717, 1.165) is 6.42 Å². The van der Waals surface area contributed by atoms with Gasteiger partial charge in [-0.25, -0.2) is 0 Å². The largest absolute Gasteiger partial charge is 0.480 e. The van der Waals surface area contributed by atoms with E-state index < -0.39 is 25.5 Å². The van der Waals surface area contributed by atoms with Gasteiger partial charge < -0.3 is 20.2 Å². The molecule has 0 aliphatic carbocycles. The van der Waals surface area contributed by atoms with E-state index in [4.69, 9.17) is 14.9 Å². The van der Waals surface area contributed by atoms with Gasteiger partial charge in [0.15, 0.2) is 0 Å². The SMILES string of the molecule is O=C(O)[C@H]1NCCC[C@H]1CP(=O)(O)O. The van der Waals surface area contributed by atoms with Gasteiger partial charge in [0.25, 0.3) is 0 Å². The summed E-state index contributed by atoms with van der Waals surface area (Å²) in [4.78, 5) is 28.3. The van der Waals surface area contributed by atoms with Gasteiger partial charge in [0.2, 0.25) is 0 Å². The summed E-state index contributed by atoms with van der Waals surface area (Å²) >= 11 is 0. The predicted molar refractivity (Wildman–Crippen MR) is 49.1 cm³/mol. The van der Waals surface area contributed by atoms with Crippen molar-refractivity contribution in [3.8, 4) is 0 Å². The number of aliphatic carboxylic acids is 1. The van der Waals surface area contributed by atoms with Crippen LogP contribution in [0.5, 0.6) is 0 Å². The maximum atomic E-state index is 10.7. The summed E-state index contributed by atoms with van der Waals surface area (Å²) in [7, 11) is -4.11. The summed E-state index contributed by atoms with van der Waals surface area (Å²) in [6.45, 7) is 0.592. The molecule has 0 saturated carbocycles. The van der Waals surface area contributed by atoms with Crippen molar-refractivity contribution in [2.75, 3.05) is 12.7 Å². The highest BCUT2D eigenvalue weighted by molar-refractivity contribution is 7.51. The minimum Gasteiger partial charge on any atom is -0.480 e. The number of carbonyl (C=O) groups is 1. The highest BCUT2D eigenvalue weighted by Gasteiger charge is 2.34. The molecule has 6 nitrogen and oxygen atoms in total. The first-order valence-electron chi connectivity index (χ1n) is 4.41. The summed E-state index contributed by atoms with van der Waals surface area (Å²) in [5.74, 6) is -1.51. The van der Waals surface area contributed by atoms with Gasteiger partial charge in [-0.05, 0) is 25.3 Å². The van der Waals surface area contributed by atoms with E-state index in [0.29, 0.717) is 13.0 Å². The molecule has 7 heteroatoms. The zero-order valence-corrected chi connectivity index (χ0v) is 8.48. The predicted octanol–water partition coefficient (Wildman–Crippen LogP) is -0.383. The second kappa shape index (κ2) is 4.40. The molecule has 1 heterocycles. The molecule has 0 radical (unpaired) electrons. The van der Waals surface area contributed by atoms with Crippen molar-refractivity contribution in [2.24, 2.45) is 5.92 Å². The van der Waals surface area contributed by atoms with Crippen LogP contribution in [0.3, 0.4) is 0 Å². The second-order valence-corrected chi connectivity index (χ2v) is 5.21. The Hall–Kier alpha value is -0.420. The van der Waals surface area contributed by atoms with E-state index in [9.17, 15) is 9.36 Å². The second-order valence-electron chi connectivity index (χ2n) is 3.52. The molecule has 14 heavy (non-hydrogen) atoms. The highest BCUT2D eigenvalue weighted by atomic mass is 31.2. The Bertz CT molecular complexity index is 263. The lowest BCUT2D eigenvalue weighted by Gasteiger charge is -2.29. The lowest BCUT2D eigenvalue weighted by atomic mass is 9.93. The van der Waals surface area contributed by atoms with Crippen LogP contribution in [0.25, 0.3) is 0 Å². The van der Waals surface area contributed by atoms with Crippen molar-refractivity contribution < 1.29 is 24.3 Å². The van der Waals surface area contributed by atoms with Crippen LogP contribution in [-0.4, -0.2) is 39.6 Å². The first kappa shape index (κ1) is 11.7. The molecule has 1 saturated heterocycles. The van der Waals surface area contributed by atoms with Gasteiger partial charge in [-0.2, -0.15) is 0 Å². The van der Waals surface area contributed by atoms with Gasteiger partial charge in [-0.1, -0.05) is 0 Å². The van der Waals surface area contributed by atoms with Crippen LogP contribution in [0.1, 0.15) is 12.8 Å². The third-order valence-corrected chi connectivity index (χ3v) is 3.27. The first-order chi connectivity index (χ1) is 6.40. The molecular formula is C7H14NO5P. The van der Waals surface area contributed by atoms with Crippen molar-refractivity contribution in [1.82, 2.24) is 5.32 Å². The lowest BCUT2D eigenvalue weighted by Crippen LogP contribution is -2.48. The Morgan fingerprint density at radius 1 is 1.50 bits per heavy atom. The number of carboxylic acid groups (broad SMARTS) is 1. The van der Waals surface area contributed by atoms with Crippen LogP contribution >= 0.6 is 7.60 Å². The van der Waals surface area contributed by atoms with E-state index in [1.807, 2.05) is 0 Å². The van der Waals surface area contributed by atoms with Crippen molar-refractivity contribution in [1.29, 1.82) is 0 Å². The fourth-order valence-electron chi connectivity index (χ4n) is 1.75. The van der Waals surface area contributed by atoms with Crippen LogP contribution in [0.15, 0.2) is 0 Å². The van der Waals surface area contributed by atoms with Crippen LogP contribution < -0.4 is 5.32 Å². The lowest BCUT2D eigenvalue weighted by molar-refractivity contribution is -0.141. The van der Waals surface area contributed by atoms with Gasteiger partial charge in [-0.3, -0.25) is 9.36 Å². The van der Waals surface area contributed by atoms with Crippen molar-refractivity contribution >= 4 is 13.6 Å². The Morgan fingerprint density at radius 2 is 2.14 bits per heavy atom. The number of rotatable bonds is 3. The molecule has 0 bridgehead atoms. The van der Waals surface area contributed by atoms with Gasteiger partial charge in [-0.15, -0.1) is 0 Å². The molecule has 0 aromatic carbocycles. The van der Waals surface area contributed by atoms with E-state index in [-0.39, 0.29) is 6.16 Å². The van der Waals surface area contributed by atoms with E-state index >= 15 is 0 Å². The van der Waals surface area contributed by atoms with Crippen molar-refractivity contribution in [3.05, 3.63) is 0 Å². The van der Waals surface area contributed by atoms with Gasteiger partial charge >= 0.3 is 13.6 Å². The van der Waals surface area contributed by atoms with Crippen LogP contribution in [0.4, 0.5) is 0 Å². The maximum absolute atomic E-state index is 10.7. The number of piperidine rings is 1. The number of carboxylic acids is 1. The van der Waals surface area contributed by atoms with Crippen molar-refractivity contribution in [2.45, 2.75) is 18.9 Å². The van der Waals surface area contributed by atoms with E-state index in [1.165, 1.54) is 0 Å². The summed E-state index contributed by atoms with van der Waals surface area (Å²) in [5, 5.41) is 11.5. The maximum Gasteiger partial charge on any atom is 0.325 e. The quantitative estimate of drug-likeness (QED) is 0.486. The molecular weight excluding hydrogens is 209 g/mol. The molecule has 0 spiro atoms. The van der Waals surface area contributed by atoms with Gasteiger partial charge in [0.05, 0.1) is 6.16 Å². The zero-order valence-electron chi connectivity index (χ0n) is 7.59. The molecule has 1 fully saturated rings. The summed E-state index contributed by atoms with van der Waals surface area (Å²) < 4.78 is 10.7. The molecule has 2 atom stereocenters. The minimum atomic E-state index is -4.11. The van der Waals surface area contributed by atoms with Crippen LogP contribution in [0, 0.1) is 5.92 Å². The minimum absolute atomic E-state index is 0.350.